The largest absolute Gasteiger partial charge is 0.497 e. The van der Waals surface area contributed by atoms with Crippen molar-refractivity contribution >= 4 is 34.8 Å². The Morgan fingerprint density at radius 2 is 1.78 bits per heavy atom. The number of carbonyl (C=O) groups excluding carboxylic acids is 1. The Morgan fingerprint density at radius 3 is 2.50 bits per heavy atom. The number of hydrogen-bond acceptors (Lipinski definition) is 4. The number of ether oxygens (including phenoxy) is 1. The highest BCUT2D eigenvalue weighted by atomic mass is 35.5. The molecule has 0 unspecified atom stereocenters. The number of rotatable bonds is 5. The molecule has 1 amide bonds. The third kappa shape index (κ3) is 4.71. The van der Waals surface area contributed by atoms with E-state index in [0.717, 1.165) is 36.5 Å². The van der Waals surface area contributed by atoms with Gasteiger partial charge in [-0.15, -0.1) is 0 Å². The number of aromatic nitrogens is 2. The van der Waals surface area contributed by atoms with Crippen molar-refractivity contribution in [3.63, 3.8) is 0 Å². The fraction of sp³-hybridized carbons (Fsp3) is 0.333. The maximum Gasteiger partial charge on any atom is 0.258 e. The van der Waals surface area contributed by atoms with E-state index < -0.39 is 0 Å². The first kappa shape index (κ1) is 22.5. The third-order valence-electron chi connectivity index (χ3n) is 5.78. The minimum absolute atomic E-state index is 0.0745. The zero-order chi connectivity index (χ0) is 22.7. The molecule has 8 heteroatoms. The lowest BCUT2D eigenvalue weighted by molar-refractivity contribution is 0.0766. The highest BCUT2D eigenvalue weighted by Gasteiger charge is 2.27. The number of benzene rings is 2. The number of anilines is 1. The molecule has 0 bridgehead atoms. The molecule has 0 N–H and O–H groups in total. The summed E-state index contributed by atoms with van der Waals surface area (Å²) in [6, 6.07) is 15.6. The van der Waals surface area contributed by atoms with Gasteiger partial charge in [-0.2, -0.15) is 5.10 Å². The van der Waals surface area contributed by atoms with Crippen molar-refractivity contribution in [1.29, 1.82) is 0 Å². The summed E-state index contributed by atoms with van der Waals surface area (Å²) in [6.45, 7) is 5.17. The van der Waals surface area contributed by atoms with Crippen molar-refractivity contribution in [2.75, 3.05) is 38.2 Å². The van der Waals surface area contributed by atoms with Crippen LogP contribution in [0.2, 0.25) is 10.2 Å². The fourth-order valence-corrected chi connectivity index (χ4v) is 4.53. The molecule has 32 heavy (non-hydrogen) atoms. The minimum atomic E-state index is -0.0745. The van der Waals surface area contributed by atoms with Crippen LogP contribution in [0.4, 0.5) is 5.69 Å². The zero-order valence-corrected chi connectivity index (χ0v) is 19.7. The summed E-state index contributed by atoms with van der Waals surface area (Å²) in [7, 11) is 1.66. The van der Waals surface area contributed by atoms with E-state index in [2.05, 4.69) is 22.1 Å². The van der Waals surface area contributed by atoms with Crippen LogP contribution in [0.1, 0.15) is 28.0 Å². The van der Waals surface area contributed by atoms with E-state index in [9.17, 15) is 4.79 Å². The molecule has 1 aromatic heterocycles. The predicted octanol–water partition coefficient (Wildman–Crippen LogP) is 4.91. The molecule has 1 aliphatic rings. The second-order valence-corrected chi connectivity index (χ2v) is 8.60. The lowest BCUT2D eigenvalue weighted by Gasteiger charge is -2.24. The van der Waals surface area contributed by atoms with Crippen LogP contribution in [-0.4, -0.2) is 53.9 Å². The molecule has 168 valence electrons. The molecule has 1 aliphatic heterocycles. The van der Waals surface area contributed by atoms with Crippen LogP contribution in [0.3, 0.4) is 0 Å². The summed E-state index contributed by atoms with van der Waals surface area (Å²) in [5, 5.41) is 5.52. The van der Waals surface area contributed by atoms with E-state index in [-0.39, 0.29) is 5.91 Å². The van der Waals surface area contributed by atoms with E-state index >= 15 is 0 Å². The van der Waals surface area contributed by atoms with Gasteiger partial charge in [0, 0.05) is 36.9 Å². The molecular formula is C24H26Cl2N4O2. The Labute approximate surface area is 198 Å². The van der Waals surface area contributed by atoms with Gasteiger partial charge in [-0.25, -0.2) is 4.68 Å². The number of halogens is 2. The van der Waals surface area contributed by atoms with E-state index in [1.807, 2.05) is 48.2 Å². The number of aryl methyl sites for hydroxylation is 1. The first-order chi connectivity index (χ1) is 15.5. The second-order valence-electron chi connectivity index (χ2n) is 7.83. The molecule has 0 radical (unpaired) electrons. The molecule has 2 aromatic carbocycles. The van der Waals surface area contributed by atoms with E-state index in [0.29, 0.717) is 41.1 Å². The zero-order valence-electron chi connectivity index (χ0n) is 18.2. The van der Waals surface area contributed by atoms with E-state index in [1.54, 1.807) is 11.8 Å². The van der Waals surface area contributed by atoms with Gasteiger partial charge >= 0.3 is 0 Å². The van der Waals surface area contributed by atoms with Gasteiger partial charge in [-0.05, 0) is 49.2 Å². The molecule has 0 atom stereocenters. The third-order valence-corrected chi connectivity index (χ3v) is 6.53. The highest BCUT2D eigenvalue weighted by molar-refractivity contribution is 6.33. The van der Waals surface area contributed by atoms with Crippen LogP contribution in [0.15, 0.2) is 48.5 Å². The molecule has 6 nitrogen and oxygen atoms in total. The van der Waals surface area contributed by atoms with Crippen LogP contribution < -0.4 is 9.64 Å². The Kier molecular flexibility index (Phi) is 6.92. The van der Waals surface area contributed by atoms with Gasteiger partial charge < -0.3 is 14.5 Å². The lowest BCUT2D eigenvalue weighted by Crippen LogP contribution is -2.35. The van der Waals surface area contributed by atoms with Crippen molar-refractivity contribution in [2.24, 2.45) is 0 Å². The van der Waals surface area contributed by atoms with Gasteiger partial charge in [0.05, 0.1) is 24.9 Å². The SMILES string of the molecule is COc1ccc(N2CCCN(C(=O)c3c(C)nn(Cc4ccccc4Cl)c3Cl)CC2)cc1. The first-order valence-corrected chi connectivity index (χ1v) is 11.4. The number of carbonyl (C=O) groups is 1. The summed E-state index contributed by atoms with van der Waals surface area (Å²) >= 11 is 12.9. The normalized spacial score (nSPS) is 14.4. The molecular weight excluding hydrogens is 447 g/mol. The average molecular weight is 473 g/mol. The summed E-state index contributed by atoms with van der Waals surface area (Å²) in [6.07, 6.45) is 0.877. The molecule has 0 aliphatic carbocycles. The first-order valence-electron chi connectivity index (χ1n) is 10.6. The predicted molar refractivity (Wildman–Crippen MR) is 128 cm³/mol. The summed E-state index contributed by atoms with van der Waals surface area (Å²) in [5.41, 5.74) is 3.13. The monoisotopic (exact) mass is 472 g/mol. The Morgan fingerprint density at radius 1 is 1.03 bits per heavy atom. The number of nitrogens with zero attached hydrogens (tertiary/aromatic N) is 4. The number of methoxy groups -OCH3 is 1. The molecule has 3 aromatic rings. The maximum absolute atomic E-state index is 13.4. The second kappa shape index (κ2) is 9.84. The smallest absolute Gasteiger partial charge is 0.258 e. The van der Waals surface area contributed by atoms with Crippen LogP contribution in [0.25, 0.3) is 0 Å². The topological polar surface area (TPSA) is 50.6 Å². The van der Waals surface area contributed by atoms with Crippen molar-refractivity contribution in [3.05, 3.63) is 75.5 Å². The van der Waals surface area contributed by atoms with Gasteiger partial charge in [-0.1, -0.05) is 41.4 Å². The lowest BCUT2D eigenvalue weighted by atomic mass is 10.2. The Hall–Kier alpha value is -2.70. The number of amides is 1. The summed E-state index contributed by atoms with van der Waals surface area (Å²) in [4.78, 5) is 17.5. The van der Waals surface area contributed by atoms with E-state index in [1.165, 1.54) is 0 Å². The Bertz CT molecular complexity index is 1100. The summed E-state index contributed by atoms with van der Waals surface area (Å²) < 4.78 is 6.89. The molecule has 4 rings (SSSR count). The van der Waals surface area contributed by atoms with E-state index in [4.69, 9.17) is 27.9 Å². The fourth-order valence-electron chi connectivity index (χ4n) is 4.02. The molecule has 0 spiro atoms. The maximum atomic E-state index is 13.4. The van der Waals surface area contributed by atoms with Gasteiger partial charge in [0.2, 0.25) is 0 Å². The van der Waals surface area contributed by atoms with Crippen molar-refractivity contribution in [1.82, 2.24) is 14.7 Å². The van der Waals surface area contributed by atoms with Crippen molar-refractivity contribution in [3.8, 4) is 5.75 Å². The van der Waals surface area contributed by atoms with Crippen molar-refractivity contribution in [2.45, 2.75) is 19.9 Å². The van der Waals surface area contributed by atoms with Gasteiger partial charge in [-0.3, -0.25) is 4.79 Å². The molecule has 0 saturated carbocycles. The minimum Gasteiger partial charge on any atom is -0.497 e. The van der Waals surface area contributed by atoms with Crippen LogP contribution >= 0.6 is 23.2 Å². The van der Waals surface area contributed by atoms with Gasteiger partial charge in [0.25, 0.3) is 5.91 Å². The standard InChI is InChI=1S/C24H26Cl2N4O2/c1-17-22(23(26)30(27-17)16-18-6-3-4-7-21(18)25)24(31)29-13-5-12-28(14-15-29)19-8-10-20(32-2)11-9-19/h3-4,6-11H,5,12-16H2,1-2H3. The average Bonchev–Trinajstić information content (AvgIpc) is 2.97. The van der Waals surface area contributed by atoms with Crippen molar-refractivity contribution < 1.29 is 9.53 Å². The quantitative estimate of drug-likeness (QED) is 0.529. The van der Waals surface area contributed by atoms with Crippen LogP contribution in [-0.2, 0) is 6.54 Å². The molecule has 1 fully saturated rings. The van der Waals surface area contributed by atoms with Gasteiger partial charge in [0.15, 0.2) is 0 Å². The molecule has 2 heterocycles. The number of hydrogen-bond donors (Lipinski definition) is 0. The highest BCUT2D eigenvalue weighted by Crippen LogP contribution is 2.26. The van der Waals surface area contributed by atoms with Crippen LogP contribution in [0, 0.1) is 6.92 Å². The Balaban J connectivity index is 1.48. The van der Waals surface area contributed by atoms with Gasteiger partial charge in [0.1, 0.15) is 10.9 Å². The summed E-state index contributed by atoms with van der Waals surface area (Å²) in [5.74, 6) is 0.758. The van der Waals surface area contributed by atoms with Crippen LogP contribution in [0.5, 0.6) is 5.75 Å². The molecule has 1 saturated heterocycles.